The fraction of sp³-hybridized carbons (Fsp3) is 0.150. The Labute approximate surface area is 178 Å². The Kier molecular flexibility index (Phi) is 5.96. The standard InChI is InChI=1S/C20H15F2N3O3S2/c21-19(22)28-15-4-2-1-3-12(15)14-10-30-20(24-14)25-18(27)11-5-6-16-13(9-11)23-17(26)7-8-29-16/h1-6,9-10,19H,7-8H2,(H,23,26)(H,24,25,27). The number of thioether (sulfide) groups is 1. The molecule has 30 heavy (non-hydrogen) atoms. The number of hydrogen-bond acceptors (Lipinski definition) is 6. The number of ether oxygens (including phenoxy) is 1. The number of fused-ring (bicyclic) bond motifs is 1. The van der Waals surface area contributed by atoms with Crippen LogP contribution in [0.5, 0.6) is 5.75 Å². The van der Waals surface area contributed by atoms with Crippen LogP contribution in [0.15, 0.2) is 52.7 Å². The number of carbonyl (C=O) groups excluding carboxylic acids is 2. The van der Waals surface area contributed by atoms with Gasteiger partial charge in [-0.3, -0.25) is 14.9 Å². The first kappa shape index (κ1) is 20.3. The number of anilines is 2. The largest absolute Gasteiger partial charge is 0.434 e. The van der Waals surface area contributed by atoms with Gasteiger partial charge in [0.1, 0.15) is 5.75 Å². The molecule has 2 heterocycles. The third-order valence-corrected chi connectivity index (χ3v) is 6.04. The molecule has 2 N–H and O–H groups in total. The van der Waals surface area contributed by atoms with E-state index < -0.39 is 6.61 Å². The van der Waals surface area contributed by atoms with Gasteiger partial charge in [-0.1, -0.05) is 12.1 Å². The minimum Gasteiger partial charge on any atom is -0.434 e. The predicted octanol–water partition coefficient (Wildman–Crippen LogP) is 5.10. The van der Waals surface area contributed by atoms with Gasteiger partial charge in [0.05, 0.1) is 11.4 Å². The number of thiazole rings is 1. The van der Waals surface area contributed by atoms with E-state index in [2.05, 4.69) is 20.4 Å². The fourth-order valence-corrected chi connectivity index (χ4v) is 4.51. The number of para-hydroxylation sites is 1. The van der Waals surface area contributed by atoms with Crippen molar-refractivity contribution in [3.05, 3.63) is 53.4 Å². The number of nitrogens with one attached hydrogen (secondary N) is 2. The van der Waals surface area contributed by atoms with Gasteiger partial charge in [-0.15, -0.1) is 23.1 Å². The highest BCUT2D eigenvalue weighted by atomic mass is 32.2. The first-order chi connectivity index (χ1) is 14.5. The van der Waals surface area contributed by atoms with E-state index >= 15 is 0 Å². The molecule has 0 spiro atoms. The van der Waals surface area contributed by atoms with Crippen LogP contribution in [0.3, 0.4) is 0 Å². The summed E-state index contributed by atoms with van der Waals surface area (Å²) in [5, 5.41) is 7.47. The molecule has 1 aromatic heterocycles. The number of amides is 2. The summed E-state index contributed by atoms with van der Waals surface area (Å²) in [6.45, 7) is -2.95. The summed E-state index contributed by atoms with van der Waals surface area (Å²) in [6.07, 6.45) is 0.416. The van der Waals surface area contributed by atoms with Crippen LogP contribution < -0.4 is 15.4 Å². The van der Waals surface area contributed by atoms with E-state index in [1.165, 1.54) is 17.4 Å². The molecule has 1 aliphatic rings. The molecule has 3 aromatic rings. The molecule has 0 atom stereocenters. The van der Waals surface area contributed by atoms with Gasteiger partial charge in [-0.2, -0.15) is 8.78 Å². The quantitative estimate of drug-likeness (QED) is 0.569. The lowest BCUT2D eigenvalue weighted by atomic mass is 10.1. The van der Waals surface area contributed by atoms with Crippen LogP contribution in [0, 0.1) is 0 Å². The lowest BCUT2D eigenvalue weighted by molar-refractivity contribution is -0.115. The van der Waals surface area contributed by atoms with Gasteiger partial charge in [-0.25, -0.2) is 4.98 Å². The number of carbonyl (C=O) groups is 2. The van der Waals surface area contributed by atoms with Crippen molar-refractivity contribution >= 4 is 45.7 Å². The Hall–Kier alpha value is -2.98. The summed E-state index contributed by atoms with van der Waals surface area (Å²) >= 11 is 2.72. The highest BCUT2D eigenvalue weighted by Gasteiger charge is 2.18. The van der Waals surface area contributed by atoms with Crippen LogP contribution >= 0.6 is 23.1 Å². The molecule has 0 aliphatic carbocycles. The number of rotatable bonds is 5. The molecule has 10 heteroatoms. The summed E-state index contributed by atoms with van der Waals surface area (Å²) in [4.78, 5) is 29.6. The van der Waals surface area contributed by atoms with E-state index in [1.807, 2.05) is 0 Å². The van der Waals surface area contributed by atoms with Crippen molar-refractivity contribution in [1.82, 2.24) is 4.98 Å². The van der Waals surface area contributed by atoms with Crippen molar-refractivity contribution in [3.8, 4) is 17.0 Å². The van der Waals surface area contributed by atoms with Crippen LogP contribution in [0.1, 0.15) is 16.8 Å². The molecule has 6 nitrogen and oxygen atoms in total. The SMILES string of the molecule is O=C1CCSc2ccc(C(=O)Nc3nc(-c4ccccc4OC(F)F)cs3)cc2N1. The molecule has 0 bridgehead atoms. The van der Waals surface area contributed by atoms with Gasteiger partial charge < -0.3 is 10.1 Å². The lowest BCUT2D eigenvalue weighted by Gasteiger charge is -2.09. The summed E-state index contributed by atoms with van der Waals surface area (Å²) < 4.78 is 29.8. The molecule has 0 saturated carbocycles. The van der Waals surface area contributed by atoms with Crippen LogP contribution in [-0.4, -0.2) is 29.2 Å². The van der Waals surface area contributed by atoms with E-state index in [-0.39, 0.29) is 17.6 Å². The number of alkyl halides is 2. The Balaban J connectivity index is 1.52. The average molecular weight is 447 g/mol. The minimum atomic E-state index is -2.95. The van der Waals surface area contributed by atoms with Crippen molar-refractivity contribution in [2.45, 2.75) is 17.9 Å². The third kappa shape index (κ3) is 4.60. The van der Waals surface area contributed by atoms with Crippen molar-refractivity contribution in [2.75, 3.05) is 16.4 Å². The Morgan fingerprint density at radius 3 is 2.90 bits per heavy atom. The number of nitrogens with zero attached hydrogens (tertiary/aromatic N) is 1. The van der Waals surface area contributed by atoms with E-state index in [4.69, 9.17) is 0 Å². The molecule has 4 rings (SSSR count). The fourth-order valence-electron chi connectivity index (χ4n) is 2.86. The maximum Gasteiger partial charge on any atom is 0.387 e. The number of hydrogen-bond donors (Lipinski definition) is 2. The summed E-state index contributed by atoms with van der Waals surface area (Å²) in [5.41, 5.74) is 1.79. The van der Waals surface area contributed by atoms with Gasteiger partial charge >= 0.3 is 6.61 Å². The Bertz CT molecular complexity index is 1100. The van der Waals surface area contributed by atoms with Gasteiger partial charge in [0, 0.05) is 33.6 Å². The first-order valence-corrected chi connectivity index (χ1v) is 10.7. The molecule has 0 unspecified atom stereocenters. The molecule has 0 radical (unpaired) electrons. The maximum atomic E-state index is 12.6. The zero-order valence-corrected chi connectivity index (χ0v) is 17.0. The molecule has 154 valence electrons. The second kappa shape index (κ2) is 8.80. The van der Waals surface area contributed by atoms with Crippen molar-refractivity contribution in [3.63, 3.8) is 0 Å². The second-order valence-corrected chi connectivity index (χ2v) is 8.22. The summed E-state index contributed by atoms with van der Waals surface area (Å²) in [7, 11) is 0. The van der Waals surface area contributed by atoms with Gasteiger partial charge in [0.2, 0.25) is 5.91 Å². The second-order valence-electron chi connectivity index (χ2n) is 6.22. The van der Waals surface area contributed by atoms with Crippen LogP contribution in [0.25, 0.3) is 11.3 Å². The zero-order chi connectivity index (χ0) is 21.1. The first-order valence-electron chi connectivity index (χ1n) is 8.87. The van der Waals surface area contributed by atoms with Crippen LogP contribution in [0.4, 0.5) is 19.6 Å². The predicted molar refractivity (Wildman–Crippen MR) is 113 cm³/mol. The maximum absolute atomic E-state index is 12.6. The smallest absolute Gasteiger partial charge is 0.387 e. The molecule has 0 saturated heterocycles. The Morgan fingerprint density at radius 1 is 1.23 bits per heavy atom. The molecular weight excluding hydrogens is 432 g/mol. The van der Waals surface area contributed by atoms with Gasteiger partial charge in [0.25, 0.3) is 5.91 Å². The highest BCUT2D eigenvalue weighted by molar-refractivity contribution is 7.99. The topological polar surface area (TPSA) is 80.3 Å². The van der Waals surface area contributed by atoms with E-state index in [0.717, 1.165) is 4.90 Å². The molecule has 0 fully saturated rings. The Morgan fingerprint density at radius 2 is 2.07 bits per heavy atom. The molecular formula is C20H15F2N3O3S2. The normalized spacial score (nSPS) is 13.4. The van der Waals surface area contributed by atoms with E-state index in [1.54, 1.807) is 53.5 Å². The number of halogens is 2. The molecule has 2 amide bonds. The third-order valence-electron chi connectivity index (χ3n) is 4.21. The van der Waals surface area contributed by atoms with Crippen molar-refractivity contribution < 1.29 is 23.1 Å². The van der Waals surface area contributed by atoms with Crippen molar-refractivity contribution in [2.24, 2.45) is 0 Å². The highest BCUT2D eigenvalue weighted by Crippen LogP contribution is 2.34. The summed E-state index contributed by atoms with van der Waals surface area (Å²) in [6, 6.07) is 11.4. The van der Waals surface area contributed by atoms with E-state index in [9.17, 15) is 18.4 Å². The summed E-state index contributed by atoms with van der Waals surface area (Å²) in [5.74, 6) is 0.213. The monoisotopic (exact) mass is 447 g/mol. The minimum absolute atomic E-state index is 0.00895. The number of benzene rings is 2. The van der Waals surface area contributed by atoms with Crippen LogP contribution in [0.2, 0.25) is 0 Å². The zero-order valence-electron chi connectivity index (χ0n) is 15.4. The molecule has 2 aromatic carbocycles. The van der Waals surface area contributed by atoms with Gasteiger partial charge in [0.15, 0.2) is 5.13 Å². The van der Waals surface area contributed by atoms with E-state index in [0.29, 0.717) is 39.8 Å². The average Bonchev–Trinajstić information content (AvgIpc) is 3.08. The van der Waals surface area contributed by atoms with Gasteiger partial charge in [-0.05, 0) is 30.3 Å². The molecule has 1 aliphatic heterocycles. The van der Waals surface area contributed by atoms with Crippen molar-refractivity contribution in [1.29, 1.82) is 0 Å². The number of aromatic nitrogens is 1. The van der Waals surface area contributed by atoms with Crippen LogP contribution in [-0.2, 0) is 4.79 Å². The lowest BCUT2D eigenvalue weighted by Crippen LogP contribution is -2.14.